The van der Waals surface area contributed by atoms with Gasteiger partial charge in [0.05, 0.1) is 18.3 Å². The molecule has 1 fully saturated rings. The van der Waals surface area contributed by atoms with Crippen LogP contribution in [0.2, 0.25) is 0 Å². The van der Waals surface area contributed by atoms with Crippen LogP contribution in [0.25, 0.3) is 10.9 Å². The van der Waals surface area contributed by atoms with Crippen molar-refractivity contribution < 1.29 is 14.2 Å². The van der Waals surface area contributed by atoms with Gasteiger partial charge in [-0.2, -0.15) is 0 Å². The molecule has 1 atom stereocenters. The average molecular weight is 435 g/mol. The highest BCUT2D eigenvalue weighted by Crippen LogP contribution is 2.31. The van der Waals surface area contributed by atoms with Gasteiger partial charge in [0.25, 0.3) is 0 Å². The first-order valence-corrected chi connectivity index (χ1v) is 11.4. The summed E-state index contributed by atoms with van der Waals surface area (Å²) in [6.07, 6.45) is 3.18. The summed E-state index contributed by atoms with van der Waals surface area (Å²) in [6.45, 7) is 5.47. The Kier molecular flexibility index (Phi) is 5.99. The van der Waals surface area contributed by atoms with E-state index in [-0.39, 0.29) is 6.10 Å². The van der Waals surface area contributed by atoms with E-state index in [1.807, 2.05) is 49.4 Å². The molecular formula is C25H30N4O3. The summed E-state index contributed by atoms with van der Waals surface area (Å²) in [5.74, 6) is 3.32. The predicted octanol–water partition coefficient (Wildman–Crippen LogP) is 3.74. The topological polar surface area (TPSA) is 68.7 Å². The molecular weight excluding hydrogens is 404 g/mol. The lowest BCUT2D eigenvalue weighted by atomic mass is 10.0. The van der Waals surface area contributed by atoms with Crippen molar-refractivity contribution in [1.82, 2.24) is 15.3 Å². The normalized spacial score (nSPS) is 18.7. The average Bonchev–Trinajstić information content (AvgIpc) is 2.84. The van der Waals surface area contributed by atoms with E-state index in [9.17, 15) is 0 Å². The summed E-state index contributed by atoms with van der Waals surface area (Å²) in [5, 5.41) is 4.77. The number of aromatic nitrogens is 2. The Labute approximate surface area is 188 Å². The zero-order chi connectivity index (χ0) is 21.9. The van der Waals surface area contributed by atoms with Gasteiger partial charge in [-0.3, -0.25) is 0 Å². The summed E-state index contributed by atoms with van der Waals surface area (Å²) in [6, 6.07) is 14.3. The minimum atomic E-state index is 0.100. The second kappa shape index (κ2) is 9.20. The molecule has 1 aromatic heterocycles. The number of piperidine rings is 1. The zero-order valence-electron chi connectivity index (χ0n) is 18.7. The molecule has 32 heavy (non-hydrogen) atoms. The Balaban J connectivity index is 1.12. The number of ether oxygens (including phenoxy) is 3. The molecule has 168 valence electrons. The number of nitrogens with zero attached hydrogens (tertiary/aromatic N) is 3. The minimum absolute atomic E-state index is 0.100. The van der Waals surface area contributed by atoms with Crippen molar-refractivity contribution in [2.24, 2.45) is 0 Å². The third-order valence-corrected chi connectivity index (χ3v) is 6.33. The van der Waals surface area contributed by atoms with Gasteiger partial charge in [0, 0.05) is 37.0 Å². The molecule has 0 bridgehead atoms. The first-order valence-electron chi connectivity index (χ1n) is 11.4. The number of rotatable bonds is 6. The monoisotopic (exact) mass is 434 g/mol. The van der Waals surface area contributed by atoms with E-state index in [1.165, 1.54) is 0 Å². The van der Waals surface area contributed by atoms with Gasteiger partial charge >= 0.3 is 0 Å². The first-order chi connectivity index (χ1) is 15.7. The highest BCUT2D eigenvalue weighted by Gasteiger charge is 2.23. The molecule has 2 aliphatic heterocycles. The maximum absolute atomic E-state index is 6.06. The summed E-state index contributed by atoms with van der Waals surface area (Å²) in [4.78, 5) is 11.9. The van der Waals surface area contributed by atoms with Crippen molar-refractivity contribution in [1.29, 1.82) is 0 Å². The summed E-state index contributed by atoms with van der Waals surface area (Å²) >= 11 is 0. The van der Waals surface area contributed by atoms with Gasteiger partial charge < -0.3 is 24.4 Å². The van der Waals surface area contributed by atoms with Crippen LogP contribution in [-0.2, 0) is 0 Å². The SMILES string of the molecule is COc1ccc2c(C)nc(N3CCC(NCCC4COc5ccccc5O4)CC3)nc2c1. The molecule has 7 nitrogen and oxygen atoms in total. The lowest BCUT2D eigenvalue weighted by Crippen LogP contribution is -2.44. The Morgan fingerprint density at radius 2 is 1.91 bits per heavy atom. The summed E-state index contributed by atoms with van der Waals surface area (Å²) in [5.41, 5.74) is 1.94. The van der Waals surface area contributed by atoms with Crippen LogP contribution in [0.15, 0.2) is 42.5 Å². The largest absolute Gasteiger partial charge is 0.497 e. The highest BCUT2D eigenvalue weighted by atomic mass is 16.6. The molecule has 1 saturated heterocycles. The first kappa shape index (κ1) is 20.8. The molecule has 0 amide bonds. The van der Waals surface area contributed by atoms with Gasteiger partial charge in [0.2, 0.25) is 5.95 Å². The maximum atomic E-state index is 6.06. The number of aryl methyl sites for hydroxylation is 1. The Morgan fingerprint density at radius 1 is 1.09 bits per heavy atom. The zero-order valence-corrected chi connectivity index (χ0v) is 18.7. The molecule has 7 heteroatoms. The molecule has 0 aliphatic carbocycles. The van der Waals surface area contributed by atoms with Gasteiger partial charge in [0.1, 0.15) is 18.5 Å². The predicted molar refractivity (Wildman–Crippen MR) is 125 cm³/mol. The second-order valence-electron chi connectivity index (χ2n) is 8.49. The number of methoxy groups -OCH3 is 1. The molecule has 3 heterocycles. The Morgan fingerprint density at radius 3 is 2.72 bits per heavy atom. The van der Waals surface area contributed by atoms with Gasteiger partial charge in [0.15, 0.2) is 11.5 Å². The van der Waals surface area contributed by atoms with Crippen molar-refractivity contribution in [3.8, 4) is 17.2 Å². The van der Waals surface area contributed by atoms with Crippen molar-refractivity contribution in [3.05, 3.63) is 48.2 Å². The molecule has 0 radical (unpaired) electrons. The summed E-state index contributed by atoms with van der Waals surface area (Å²) < 4.78 is 17.2. The number of hydrogen-bond acceptors (Lipinski definition) is 7. The van der Waals surface area contributed by atoms with Crippen LogP contribution < -0.4 is 24.4 Å². The fraction of sp³-hybridized carbons (Fsp3) is 0.440. The molecule has 0 spiro atoms. The molecule has 1 unspecified atom stereocenters. The van der Waals surface area contributed by atoms with Gasteiger partial charge in [-0.05, 0) is 50.6 Å². The van der Waals surface area contributed by atoms with E-state index in [1.54, 1.807) is 7.11 Å². The number of benzene rings is 2. The fourth-order valence-corrected chi connectivity index (χ4v) is 4.46. The van der Waals surface area contributed by atoms with E-state index in [4.69, 9.17) is 24.2 Å². The number of para-hydroxylation sites is 2. The van der Waals surface area contributed by atoms with Crippen molar-refractivity contribution in [2.75, 3.05) is 38.3 Å². The molecule has 0 saturated carbocycles. The standard InChI is InChI=1S/C25H30N4O3/c1-17-21-8-7-19(30-2)15-22(21)28-25(27-17)29-13-10-18(11-14-29)26-12-9-20-16-31-23-5-3-4-6-24(23)32-20/h3-8,15,18,20,26H,9-14,16H2,1-2H3. The van der Waals surface area contributed by atoms with Crippen LogP contribution in [-0.4, -0.2) is 55.5 Å². The van der Waals surface area contributed by atoms with Gasteiger partial charge in [-0.25, -0.2) is 9.97 Å². The smallest absolute Gasteiger partial charge is 0.226 e. The van der Waals surface area contributed by atoms with Crippen LogP contribution in [0.4, 0.5) is 5.95 Å². The fourth-order valence-electron chi connectivity index (χ4n) is 4.46. The number of nitrogens with one attached hydrogen (secondary N) is 1. The third-order valence-electron chi connectivity index (χ3n) is 6.33. The minimum Gasteiger partial charge on any atom is -0.497 e. The number of hydrogen-bond donors (Lipinski definition) is 1. The molecule has 2 aromatic carbocycles. The maximum Gasteiger partial charge on any atom is 0.226 e. The van der Waals surface area contributed by atoms with Crippen LogP contribution in [0.1, 0.15) is 25.0 Å². The van der Waals surface area contributed by atoms with E-state index in [2.05, 4.69) is 10.2 Å². The highest BCUT2D eigenvalue weighted by molar-refractivity contribution is 5.83. The molecule has 2 aliphatic rings. The number of anilines is 1. The molecule has 5 rings (SSSR count). The third kappa shape index (κ3) is 4.43. The lowest BCUT2D eigenvalue weighted by molar-refractivity contribution is 0.0841. The Bertz CT molecular complexity index is 1080. The lowest BCUT2D eigenvalue weighted by Gasteiger charge is -2.33. The van der Waals surface area contributed by atoms with Crippen LogP contribution in [0, 0.1) is 6.92 Å². The quantitative estimate of drug-likeness (QED) is 0.634. The Hall–Kier alpha value is -3.06. The van der Waals surface area contributed by atoms with Crippen LogP contribution >= 0.6 is 0 Å². The van der Waals surface area contributed by atoms with E-state index in [0.717, 1.165) is 78.7 Å². The second-order valence-corrected chi connectivity index (χ2v) is 8.49. The van der Waals surface area contributed by atoms with Crippen molar-refractivity contribution in [3.63, 3.8) is 0 Å². The molecule has 1 N–H and O–H groups in total. The van der Waals surface area contributed by atoms with Crippen molar-refractivity contribution in [2.45, 2.75) is 38.3 Å². The molecule has 3 aromatic rings. The van der Waals surface area contributed by atoms with Gasteiger partial charge in [-0.15, -0.1) is 0 Å². The van der Waals surface area contributed by atoms with Crippen LogP contribution in [0.5, 0.6) is 17.2 Å². The van der Waals surface area contributed by atoms with E-state index < -0.39 is 0 Å². The van der Waals surface area contributed by atoms with Crippen molar-refractivity contribution >= 4 is 16.9 Å². The number of fused-ring (bicyclic) bond motifs is 2. The van der Waals surface area contributed by atoms with Gasteiger partial charge in [-0.1, -0.05) is 12.1 Å². The van der Waals surface area contributed by atoms with E-state index >= 15 is 0 Å². The van der Waals surface area contributed by atoms with Crippen LogP contribution in [0.3, 0.4) is 0 Å². The van der Waals surface area contributed by atoms with E-state index in [0.29, 0.717) is 12.6 Å². The summed E-state index contributed by atoms with van der Waals surface area (Å²) in [7, 11) is 1.68.